The largest absolute Gasteiger partial charge is 0.391 e. The zero-order valence-corrected chi connectivity index (χ0v) is 9.55. The minimum absolute atomic E-state index is 0.315. The number of H-pyrrole nitrogens is 1. The second kappa shape index (κ2) is 4.96. The number of rotatable bonds is 5. The summed E-state index contributed by atoms with van der Waals surface area (Å²) < 4.78 is 1.31. The van der Waals surface area contributed by atoms with Crippen LogP contribution in [0.4, 0.5) is 5.82 Å². The van der Waals surface area contributed by atoms with E-state index in [0.717, 1.165) is 12.8 Å². The summed E-state index contributed by atoms with van der Waals surface area (Å²) >= 11 is 0. The Balaban J connectivity index is 2.07. The zero-order chi connectivity index (χ0) is 12.3. The SMILES string of the molecule is CCCC(O)CNc1cc2n[nH]c(=O)n2cn1. The normalized spacial score (nSPS) is 12.8. The minimum Gasteiger partial charge on any atom is -0.391 e. The Bertz CT molecular complexity index is 547. The van der Waals surface area contributed by atoms with Gasteiger partial charge in [-0.3, -0.25) is 0 Å². The van der Waals surface area contributed by atoms with Crippen LogP contribution in [0.5, 0.6) is 0 Å². The second-order valence-corrected chi connectivity index (χ2v) is 3.85. The summed E-state index contributed by atoms with van der Waals surface area (Å²) in [4.78, 5) is 15.2. The van der Waals surface area contributed by atoms with Gasteiger partial charge in [-0.05, 0) is 6.42 Å². The maximum Gasteiger partial charge on any atom is 0.348 e. The van der Waals surface area contributed by atoms with Crippen LogP contribution in [-0.2, 0) is 0 Å². The van der Waals surface area contributed by atoms with Gasteiger partial charge in [-0.15, -0.1) is 0 Å². The molecule has 92 valence electrons. The molecule has 0 aliphatic rings. The molecule has 7 nitrogen and oxygen atoms in total. The van der Waals surface area contributed by atoms with Gasteiger partial charge in [0.25, 0.3) is 0 Å². The van der Waals surface area contributed by atoms with Crippen molar-refractivity contribution in [2.24, 2.45) is 0 Å². The van der Waals surface area contributed by atoms with Gasteiger partial charge in [0.2, 0.25) is 0 Å². The van der Waals surface area contributed by atoms with Gasteiger partial charge in [0, 0.05) is 12.6 Å². The van der Waals surface area contributed by atoms with Crippen molar-refractivity contribution < 1.29 is 5.11 Å². The van der Waals surface area contributed by atoms with E-state index in [2.05, 4.69) is 20.5 Å². The smallest absolute Gasteiger partial charge is 0.348 e. The summed E-state index contributed by atoms with van der Waals surface area (Å²) in [7, 11) is 0. The topological polar surface area (TPSA) is 95.3 Å². The predicted molar refractivity (Wildman–Crippen MR) is 63.0 cm³/mol. The van der Waals surface area contributed by atoms with Crippen molar-refractivity contribution in [2.75, 3.05) is 11.9 Å². The summed E-state index contributed by atoms with van der Waals surface area (Å²) in [6.07, 6.45) is 2.69. The second-order valence-electron chi connectivity index (χ2n) is 3.85. The molecule has 3 N–H and O–H groups in total. The Morgan fingerprint density at radius 1 is 1.65 bits per heavy atom. The molecule has 1 atom stereocenters. The van der Waals surface area contributed by atoms with Gasteiger partial charge in [0.15, 0.2) is 5.65 Å². The molecule has 0 bridgehead atoms. The average Bonchev–Trinajstić information content (AvgIpc) is 2.69. The van der Waals surface area contributed by atoms with E-state index in [1.54, 1.807) is 6.07 Å². The van der Waals surface area contributed by atoms with Crippen LogP contribution >= 0.6 is 0 Å². The number of aromatic amines is 1. The average molecular weight is 237 g/mol. The molecule has 2 rings (SSSR count). The highest BCUT2D eigenvalue weighted by Gasteiger charge is 2.05. The number of hydrogen-bond acceptors (Lipinski definition) is 5. The summed E-state index contributed by atoms with van der Waals surface area (Å²) in [6, 6.07) is 1.65. The molecule has 0 fully saturated rings. The number of aliphatic hydroxyl groups excluding tert-OH is 1. The molecule has 0 saturated heterocycles. The van der Waals surface area contributed by atoms with Crippen molar-refractivity contribution in [1.29, 1.82) is 0 Å². The van der Waals surface area contributed by atoms with Gasteiger partial charge in [0.1, 0.15) is 12.1 Å². The van der Waals surface area contributed by atoms with Crippen molar-refractivity contribution in [2.45, 2.75) is 25.9 Å². The van der Waals surface area contributed by atoms with Gasteiger partial charge in [-0.2, -0.15) is 5.10 Å². The van der Waals surface area contributed by atoms with E-state index < -0.39 is 0 Å². The molecule has 0 aliphatic carbocycles. The van der Waals surface area contributed by atoms with Crippen LogP contribution in [0.15, 0.2) is 17.2 Å². The van der Waals surface area contributed by atoms with E-state index in [-0.39, 0.29) is 11.8 Å². The highest BCUT2D eigenvalue weighted by Crippen LogP contribution is 2.05. The number of aliphatic hydroxyl groups is 1. The van der Waals surface area contributed by atoms with Crippen LogP contribution in [-0.4, -0.2) is 37.3 Å². The number of aromatic nitrogens is 4. The van der Waals surface area contributed by atoms with Crippen molar-refractivity contribution in [3.8, 4) is 0 Å². The van der Waals surface area contributed by atoms with Crippen LogP contribution in [0.25, 0.3) is 5.65 Å². The molecule has 17 heavy (non-hydrogen) atoms. The Morgan fingerprint density at radius 3 is 3.24 bits per heavy atom. The first-order valence-electron chi connectivity index (χ1n) is 5.55. The van der Waals surface area contributed by atoms with E-state index in [9.17, 15) is 9.90 Å². The lowest BCUT2D eigenvalue weighted by Gasteiger charge is -2.10. The Morgan fingerprint density at radius 2 is 2.47 bits per heavy atom. The number of nitrogens with zero attached hydrogens (tertiary/aromatic N) is 3. The fraction of sp³-hybridized carbons (Fsp3) is 0.500. The van der Waals surface area contributed by atoms with E-state index in [1.165, 1.54) is 10.7 Å². The molecule has 1 unspecified atom stereocenters. The fourth-order valence-electron chi connectivity index (χ4n) is 1.56. The van der Waals surface area contributed by atoms with Crippen molar-refractivity contribution >= 4 is 11.5 Å². The molecule has 2 aromatic heterocycles. The summed E-state index contributed by atoms with van der Waals surface area (Å²) in [5.74, 6) is 0.589. The third kappa shape index (κ3) is 2.62. The first kappa shape index (κ1) is 11.6. The van der Waals surface area contributed by atoms with Gasteiger partial charge < -0.3 is 10.4 Å². The zero-order valence-electron chi connectivity index (χ0n) is 9.55. The summed E-state index contributed by atoms with van der Waals surface area (Å²) in [5, 5.41) is 18.7. The van der Waals surface area contributed by atoms with Gasteiger partial charge >= 0.3 is 5.69 Å². The third-order valence-electron chi connectivity index (χ3n) is 2.45. The first-order valence-corrected chi connectivity index (χ1v) is 5.55. The molecule has 0 aliphatic heterocycles. The van der Waals surface area contributed by atoms with Crippen molar-refractivity contribution in [1.82, 2.24) is 19.6 Å². The monoisotopic (exact) mass is 237 g/mol. The van der Waals surface area contributed by atoms with Gasteiger partial charge in [-0.25, -0.2) is 19.3 Å². The van der Waals surface area contributed by atoms with Crippen molar-refractivity contribution in [3.63, 3.8) is 0 Å². The van der Waals surface area contributed by atoms with Crippen LogP contribution in [0, 0.1) is 0 Å². The molecule has 0 spiro atoms. The number of hydrogen-bond donors (Lipinski definition) is 3. The van der Waals surface area contributed by atoms with Gasteiger partial charge in [-0.1, -0.05) is 13.3 Å². The maximum absolute atomic E-state index is 11.2. The van der Waals surface area contributed by atoms with Crippen LogP contribution < -0.4 is 11.0 Å². The Hall–Kier alpha value is -1.89. The fourth-order valence-corrected chi connectivity index (χ4v) is 1.56. The van der Waals surface area contributed by atoms with Crippen molar-refractivity contribution in [3.05, 3.63) is 22.9 Å². The molecular formula is C10H15N5O2. The lowest BCUT2D eigenvalue weighted by atomic mass is 10.2. The van der Waals surface area contributed by atoms with Crippen LogP contribution in [0.1, 0.15) is 19.8 Å². The summed E-state index contributed by atoms with van der Waals surface area (Å²) in [5.41, 5.74) is 0.183. The molecule has 0 saturated carbocycles. The van der Waals surface area contributed by atoms with E-state index in [0.29, 0.717) is 18.0 Å². The maximum atomic E-state index is 11.2. The number of fused-ring (bicyclic) bond motifs is 1. The molecule has 0 aromatic carbocycles. The van der Waals surface area contributed by atoms with E-state index >= 15 is 0 Å². The highest BCUT2D eigenvalue weighted by atomic mass is 16.3. The lowest BCUT2D eigenvalue weighted by Crippen LogP contribution is -2.19. The molecular weight excluding hydrogens is 222 g/mol. The molecule has 0 radical (unpaired) electrons. The third-order valence-corrected chi connectivity index (χ3v) is 2.45. The molecule has 2 aromatic rings. The quantitative estimate of drug-likeness (QED) is 0.679. The number of anilines is 1. The van der Waals surface area contributed by atoms with Crippen LogP contribution in [0.3, 0.4) is 0 Å². The number of nitrogens with one attached hydrogen (secondary N) is 2. The highest BCUT2D eigenvalue weighted by molar-refractivity contribution is 5.48. The summed E-state index contributed by atoms with van der Waals surface area (Å²) in [6.45, 7) is 2.45. The van der Waals surface area contributed by atoms with Gasteiger partial charge in [0.05, 0.1) is 6.10 Å². The lowest BCUT2D eigenvalue weighted by molar-refractivity contribution is 0.176. The van der Waals surface area contributed by atoms with Crippen LogP contribution in [0.2, 0.25) is 0 Å². The minimum atomic E-state index is -0.389. The molecule has 2 heterocycles. The first-order chi connectivity index (χ1) is 8.20. The molecule has 7 heteroatoms. The Labute approximate surface area is 97.5 Å². The van der Waals surface area contributed by atoms with E-state index in [1.807, 2.05) is 6.92 Å². The molecule has 0 amide bonds. The standard InChI is InChI=1S/C10H15N5O2/c1-2-3-7(16)5-11-8-4-9-13-14-10(17)15(9)6-12-8/h4,6-7,11,16H,2-3,5H2,1H3,(H,14,17). The predicted octanol–water partition coefficient (Wildman–Crippen LogP) is -0.00950. The Kier molecular flexibility index (Phi) is 3.38. The van der Waals surface area contributed by atoms with E-state index in [4.69, 9.17) is 0 Å².